The van der Waals surface area contributed by atoms with Gasteiger partial charge in [0.05, 0.1) is 0 Å². The summed E-state index contributed by atoms with van der Waals surface area (Å²) in [6.45, 7) is 8.70. The van der Waals surface area contributed by atoms with Crippen LogP contribution in [0.2, 0.25) is 0 Å². The monoisotopic (exact) mass is 545 g/mol. The Kier molecular flexibility index (Phi) is 11.7. The summed E-state index contributed by atoms with van der Waals surface area (Å²) in [5.41, 5.74) is 1.28. The van der Waals surface area contributed by atoms with Crippen LogP contribution in [0.5, 0.6) is 0 Å². The first-order valence-electron chi connectivity index (χ1n) is 10.6. The third kappa shape index (κ3) is 10.2. The number of nitrogens with one attached hydrogen (secondary N) is 3. The molecule has 0 aromatic heterocycles. The lowest BCUT2D eigenvalue weighted by atomic mass is 10.1. The third-order valence-electron chi connectivity index (χ3n) is 4.61. The largest absolute Gasteiger partial charge is 0.444 e. The van der Waals surface area contributed by atoms with E-state index in [1.807, 2.05) is 49.9 Å². The molecule has 8 nitrogen and oxygen atoms in total. The fourth-order valence-corrected chi connectivity index (χ4v) is 3.11. The molecule has 0 saturated carbocycles. The van der Waals surface area contributed by atoms with E-state index in [0.29, 0.717) is 25.6 Å². The summed E-state index contributed by atoms with van der Waals surface area (Å²) >= 11 is 0. The number of ether oxygens (including phenoxy) is 1. The van der Waals surface area contributed by atoms with E-state index in [9.17, 15) is 9.59 Å². The zero-order valence-corrected chi connectivity index (χ0v) is 21.3. The molecule has 0 spiro atoms. The van der Waals surface area contributed by atoms with E-state index < -0.39 is 11.7 Å². The van der Waals surface area contributed by atoms with Gasteiger partial charge in [0.15, 0.2) is 5.96 Å². The molecule has 9 heteroatoms. The molecule has 1 aliphatic heterocycles. The van der Waals surface area contributed by atoms with Gasteiger partial charge in [-0.2, -0.15) is 0 Å². The molecular formula is C22H36IN5O3. The standard InChI is InChI=1S/C22H35N5O3.HI/c1-22(2,3)30-21(29)25-13-12-24-20(23-4)26-16-17-8-10-18(11-9-17)19(28)27-14-6-5-7-15-27;/h8-11H,5-7,12-16H2,1-4H3,(H,25,29)(H2,23,24,26);1H. The van der Waals surface area contributed by atoms with Gasteiger partial charge in [-0.05, 0) is 57.7 Å². The van der Waals surface area contributed by atoms with Crippen LogP contribution in [0, 0.1) is 0 Å². The van der Waals surface area contributed by atoms with Gasteiger partial charge in [0.25, 0.3) is 5.91 Å². The van der Waals surface area contributed by atoms with Crippen molar-refractivity contribution in [1.29, 1.82) is 0 Å². The first-order valence-corrected chi connectivity index (χ1v) is 10.6. The Bertz CT molecular complexity index is 726. The Morgan fingerprint density at radius 2 is 1.61 bits per heavy atom. The van der Waals surface area contributed by atoms with Crippen LogP contribution in [-0.2, 0) is 11.3 Å². The number of halogens is 1. The summed E-state index contributed by atoms with van der Waals surface area (Å²) in [6, 6.07) is 7.69. The molecule has 0 radical (unpaired) electrons. The molecule has 0 unspecified atom stereocenters. The highest BCUT2D eigenvalue weighted by Gasteiger charge is 2.18. The quantitative estimate of drug-likeness (QED) is 0.221. The van der Waals surface area contributed by atoms with Crippen LogP contribution in [0.1, 0.15) is 56.0 Å². The van der Waals surface area contributed by atoms with E-state index >= 15 is 0 Å². The Morgan fingerprint density at radius 1 is 1.00 bits per heavy atom. The number of piperidine rings is 1. The van der Waals surface area contributed by atoms with Crippen molar-refractivity contribution in [2.24, 2.45) is 4.99 Å². The SMILES string of the molecule is CN=C(NCCNC(=O)OC(C)(C)C)NCc1ccc(C(=O)N2CCCCC2)cc1.I. The van der Waals surface area contributed by atoms with Crippen LogP contribution in [-0.4, -0.2) is 61.7 Å². The lowest BCUT2D eigenvalue weighted by Crippen LogP contribution is -2.42. The highest BCUT2D eigenvalue weighted by molar-refractivity contribution is 14.0. The number of aliphatic imine (C=N–C) groups is 1. The molecule has 1 heterocycles. The normalized spacial score (nSPS) is 14.3. The average Bonchev–Trinajstić information content (AvgIpc) is 2.72. The average molecular weight is 545 g/mol. The fraction of sp³-hybridized carbons (Fsp3) is 0.591. The second kappa shape index (κ2) is 13.4. The van der Waals surface area contributed by atoms with Gasteiger partial charge in [-0.1, -0.05) is 12.1 Å². The second-order valence-electron chi connectivity index (χ2n) is 8.33. The zero-order valence-electron chi connectivity index (χ0n) is 19.0. The zero-order chi connectivity index (χ0) is 22.0. The highest BCUT2D eigenvalue weighted by Crippen LogP contribution is 2.14. The number of carbonyl (C=O) groups excluding carboxylic acids is 2. The Labute approximate surface area is 202 Å². The summed E-state index contributed by atoms with van der Waals surface area (Å²) < 4.78 is 5.19. The van der Waals surface area contributed by atoms with E-state index in [1.165, 1.54) is 6.42 Å². The molecule has 2 amide bonds. The number of rotatable bonds is 6. The number of hydrogen-bond acceptors (Lipinski definition) is 4. The molecule has 1 aromatic rings. The Morgan fingerprint density at radius 3 is 2.19 bits per heavy atom. The number of nitrogens with zero attached hydrogens (tertiary/aromatic N) is 2. The Balaban J connectivity index is 0.00000480. The predicted octanol–water partition coefficient (Wildman–Crippen LogP) is 3.12. The summed E-state index contributed by atoms with van der Waals surface area (Å²) in [5, 5.41) is 9.06. The molecule has 0 bridgehead atoms. The molecule has 174 valence electrons. The van der Waals surface area contributed by atoms with E-state index in [4.69, 9.17) is 4.74 Å². The van der Waals surface area contributed by atoms with Gasteiger partial charge in [0.1, 0.15) is 5.60 Å². The van der Waals surface area contributed by atoms with Crippen LogP contribution < -0.4 is 16.0 Å². The molecule has 1 saturated heterocycles. The third-order valence-corrected chi connectivity index (χ3v) is 4.61. The fourth-order valence-electron chi connectivity index (χ4n) is 3.11. The molecular weight excluding hydrogens is 509 g/mol. The first kappa shape index (κ1) is 27.0. The summed E-state index contributed by atoms with van der Waals surface area (Å²) in [6.07, 6.45) is 2.95. The van der Waals surface area contributed by atoms with Crippen molar-refractivity contribution in [1.82, 2.24) is 20.9 Å². The maximum Gasteiger partial charge on any atom is 0.407 e. The van der Waals surface area contributed by atoms with Crippen molar-refractivity contribution < 1.29 is 14.3 Å². The van der Waals surface area contributed by atoms with Crippen molar-refractivity contribution in [3.05, 3.63) is 35.4 Å². The van der Waals surface area contributed by atoms with Crippen LogP contribution in [0.4, 0.5) is 4.79 Å². The van der Waals surface area contributed by atoms with Crippen LogP contribution in [0.3, 0.4) is 0 Å². The van der Waals surface area contributed by atoms with Gasteiger partial charge in [-0.15, -0.1) is 24.0 Å². The minimum atomic E-state index is -0.511. The van der Waals surface area contributed by atoms with Gasteiger partial charge in [-0.3, -0.25) is 9.79 Å². The number of alkyl carbamates (subject to hydrolysis) is 1. The second-order valence-corrected chi connectivity index (χ2v) is 8.33. The number of likely N-dealkylation sites (tertiary alicyclic amines) is 1. The van der Waals surface area contributed by atoms with Crippen molar-refractivity contribution in [2.45, 2.75) is 52.2 Å². The van der Waals surface area contributed by atoms with E-state index in [0.717, 1.165) is 37.1 Å². The van der Waals surface area contributed by atoms with Crippen LogP contribution >= 0.6 is 24.0 Å². The molecule has 3 N–H and O–H groups in total. The lowest BCUT2D eigenvalue weighted by molar-refractivity contribution is 0.0528. The topological polar surface area (TPSA) is 95.1 Å². The summed E-state index contributed by atoms with van der Waals surface area (Å²) in [7, 11) is 1.69. The smallest absolute Gasteiger partial charge is 0.407 e. The van der Waals surface area contributed by atoms with Gasteiger partial charge >= 0.3 is 6.09 Å². The summed E-state index contributed by atoms with van der Waals surface area (Å²) in [5.74, 6) is 0.749. The molecule has 0 aliphatic carbocycles. The maximum atomic E-state index is 12.5. The summed E-state index contributed by atoms with van der Waals surface area (Å²) in [4.78, 5) is 30.3. The van der Waals surface area contributed by atoms with Crippen LogP contribution in [0.15, 0.2) is 29.3 Å². The van der Waals surface area contributed by atoms with Crippen LogP contribution in [0.25, 0.3) is 0 Å². The van der Waals surface area contributed by atoms with Gasteiger partial charge < -0.3 is 25.6 Å². The molecule has 2 rings (SSSR count). The predicted molar refractivity (Wildman–Crippen MR) is 134 cm³/mol. The van der Waals surface area contributed by atoms with E-state index in [1.54, 1.807) is 7.05 Å². The minimum Gasteiger partial charge on any atom is -0.444 e. The molecule has 1 fully saturated rings. The highest BCUT2D eigenvalue weighted by atomic mass is 127. The number of hydrogen-bond donors (Lipinski definition) is 3. The number of guanidine groups is 1. The molecule has 1 aliphatic rings. The number of amides is 2. The van der Waals surface area contributed by atoms with Crippen molar-refractivity contribution in [3.63, 3.8) is 0 Å². The molecule has 1 aromatic carbocycles. The number of benzene rings is 1. The minimum absolute atomic E-state index is 0. The molecule has 0 atom stereocenters. The lowest BCUT2D eigenvalue weighted by Gasteiger charge is -2.26. The van der Waals surface area contributed by atoms with Crippen molar-refractivity contribution >= 4 is 41.9 Å². The van der Waals surface area contributed by atoms with Crippen molar-refractivity contribution in [3.8, 4) is 0 Å². The van der Waals surface area contributed by atoms with Crippen molar-refractivity contribution in [2.75, 3.05) is 33.2 Å². The van der Waals surface area contributed by atoms with E-state index in [2.05, 4.69) is 20.9 Å². The maximum absolute atomic E-state index is 12.5. The first-order chi connectivity index (χ1) is 14.3. The van der Waals surface area contributed by atoms with Gasteiger partial charge in [0, 0.05) is 45.3 Å². The molecule has 31 heavy (non-hydrogen) atoms. The van der Waals surface area contributed by atoms with E-state index in [-0.39, 0.29) is 29.9 Å². The van der Waals surface area contributed by atoms with Gasteiger partial charge in [-0.25, -0.2) is 4.79 Å². The van der Waals surface area contributed by atoms with Gasteiger partial charge in [0.2, 0.25) is 0 Å². The Hall–Kier alpha value is -2.04. The number of carbonyl (C=O) groups is 2.